The lowest BCUT2D eigenvalue weighted by Crippen LogP contribution is -2.19. The lowest BCUT2D eigenvalue weighted by Gasteiger charge is -2.07. The molecule has 1 N–H and O–H groups in total. The van der Waals surface area contributed by atoms with Crippen LogP contribution >= 0.6 is 0 Å². The van der Waals surface area contributed by atoms with Gasteiger partial charge >= 0.3 is 0 Å². The minimum absolute atomic E-state index is 0.491. The van der Waals surface area contributed by atoms with Gasteiger partial charge in [0, 0.05) is 32.0 Å². The molecule has 7 heteroatoms. The maximum atomic E-state index is 5.10. The van der Waals surface area contributed by atoms with Gasteiger partial charge in [-0.3, -0.25) is 0 Å². The third-order valence-corrected chi connectivity index (χ3v) is 2.78. The molecule has 0 saturated carbocycles. The molecular weight excluding hydrogens is 270 g/mol. The van der Waals surface area contributed by atoms with Crippen molar-refractivity contribution in [2.75, 3.05) is 27.4 Å². The Hall–Kier alpha value is -2.12. The summed E-state index contributed by atoms with van der Waals surface area (Å²) in [5.41, 5.74) is 2.44. The van der Waals surface area contributed by atoms with Crippen LogP contribution in [0.2, 0.25) is 0 Å². The van der Waals surface area contributed by atoms with Crippen molar-refractivity contribution in [3.05, 3.63) is 29.8 Å². The van der Waals surface area contributed by atoms with Crippen LogP contribution < -0.4 is 10.1 Å². The summed E-state index contributed by atoms with van der Waals surface area (Å²) in [7, 11) is 3.24. The summed E-state index contributed by atoms with van der Waals surface area (Å²) >= 11 is 0. The van der Waals surface area contributed by atoms with Crippen molar-refractivity contribution in [3.8, 4) is 17.4 Å². The van der Waals surface area contributed by atoms with Gasteiger partial charge in [0.1, 0.15) is 12.0 Å². The number of nitrogens with one attached hydrogen (secondary N) is 1. The number of rotatable bonds is 7. The molecule has 0 amide bonds. The van der Waals surface area contributed by atoms with Crippen molar-refractivity contribution < 1.29 is 9.47 Å². The Labute approximate surface area is 123 Å². The summed E-state index contributed by atoms with van der Waals surface area (Å²) < 4.78 is 10.1. The van der Waals surface area contributed by atoms with Gasteiger partial charge in [-0.2, -0.15) is 0 Å². The van der Waals surface area contributed by atoms with Crippen LogP contribution in [0.1, 0.15) is 11.4 Å². The van der Waals surface area contributed by atoms with Gasteiger partial charge in [-0.25, -0.2) is 19.9 Å². The van der Waals surface area contributed by atoms with E-state index in [1.165, 1.54) is 6.33 Å². The Balaban J connectivity index is 2.17. The minimum Gasteiger partial charge on any atom is -0.481 e. The van der Waals surface area contributed by atoms with Crippen LogP contribution in [-0.4, -0.2) is 47.3 Å². The molecule has 0 aliphatic heterocycles. The van der Waals surface area contributed by atoms with Crippen molar-refractivity contribution in [2.24, 2.45) is 0 Å². The zero-order valence-electron chi connectivity index (χ0n) is 12.5. The van der Waals surface area contributed by atoms with Gasteiger partial charge in [-0.15, -0.1) is 0 Å². The van der Waals surface area contributed by atoms with Gasteiger partial charge in [0.25, 0.3) is 0 Å². The Morgan fingerprint density at radius 2 is 2.00 bits per heavy atom. The third-order valence-electron chi connectivity index (χ3n) is 2.78. The van der Waals surface area contributed by atoms with Crippen LogP contribution in [0.3, 0.4) is 0 Å². The fourth-order valence-corrected chi connectivity index (χ4v) is 1.80. The number of hydrogen-bond acceptors (Lipinski definition) is 7. The van der Waals surface area contributed by atoms with E-state index in [0.29, 0.717) is 30.5 Å². The normalized spacial score (nSPS) is 10.6. The molecule has 0 atom stereocenters. The summed E-state index contributed by atoms with van der Waals surface area (Å²) in [6, 6.07) is 3.67. The smallest absolute Gasteiger partial charge is 0.216 e. The standard InChI is InChI=1S/C14H19N5O2/c1-10-6-11(8-15-4-5-20-2)19-14(18-10)12-7-13(21-3)17-9-16-12/h6-7,9,15H,4-5,8H2,1-3H3. The summed E-state index contributed by atoms with van der Waals surface area (Å²) in [4.78, 5) is 17.1. The number of hydrogen-bond donors (Lipinski definition) is 1. The number of aryl methyl sites for hydroxylation is 1. The van der Waals surface area contributed by atoms with Crippen LogP contribution in [0.15, 0.2) is 18.5 Å². The first-order valence-electron chi connectivity index (χ1n) is 6.63. The molecule has 2 rings (SSSR count). The summed E-state index contributed by atoms with van der Waals surface area (Å²) in [6.45, 7) is 4.03. The van der Waals surface area contributed by atoms with Gasteiger partial charge < -0.3 is 14.8 Å². The molecule has 0 saturated heterocycles. The average molecular weight is 289 g/mol. The van der Waals surface area contributed by atoms with Gasteiger partial charge in [0.15, 0.2) is 5.82 Å². The molecular formula is C14H19N5O2. The Morgan fingerprint density at radius 1 is 1.14 bits per heavy atom. The molecule has 7 nitrogen and oxygen atoms in total. The first kappa shape index (κ1) is 15.3. The first-order chi connectivity index (χ1) is 10.2. The number of ether oxygens (including phenoxy) is 2. The van der Waals surface area contributed by atoms with Crippen LogP contribution in [0.4, 0.5) is 0 Å². The lowest BCUT2D eigenvalue weighted by atomic mass is 10.3. The molecule has 0 aliphatic carbocycles. The molecule has 0 spiro atoms. The van der Waals surface area contributed by atoms with E-state index in [4.69, 9.17) is 9.47 Å². The predicted octanol–water partition coefficient (Wildman–Crippen LogP) is 0.987. The topological polar surface area (TPSA) is 82.0 Å². The van der Waals surface area contributed by atoms with E-state index in [1.807, 2.05) is 13.0 Å². The zero-order valence-corrected chi connectivity index (χ0v) is 12.5. The Morgan fingerprint density at radius 3 is 2.76 bits per heavy atom. The highest BCUT2D eigenvalue weighted by atomic mass is 16.5. The second kappa shape index (κ2) is 7.61. The van der Waals surface area contributed by atoms with Crippen LogP contribution in [-0.2, 0) is 11.3 Å². The molecule has 0 fully saturated rings. The first-order valence-corrected chi connectivity index (χ1v) is 6.63. The van der Waals surface area contributed by atoms with Crippen LogP contribution in [0.25, 0.3) is 11.5 Å². The van der Waals surface area contributed by atoms with Crippen LogP contribution in [0.5, 0.6) is 5.88 Å². The summed E-state index contributed by atoms with van der Waals surface area (Å²) in [5, 5.41) is 3.26. The van der Waals surface area contributed by atoms with E-state index in [-0.39, 0.29) is 0 Å². The lowest BCUT2D eigenvalue weighted by molar-refractivity contribution is 0.199. The molecule has 0 aliphatic rings. The van der Waals surface area contributed by atoms with Crippen molar-refractivity contribution in [3.63, 3.8) is 0 Å². The predicted molar refractivity (Wildman–Crippen MR) is 77.9 cm³/mol. The van der Waals surface area contributed by atoms with Gasteiger partial charge in [0.2, 0.25) is 5.88 Å². The summed E-state index contributed by atoms with van der Waals surface area (Å²) in [5.74, 6) is 1.06. The monoisotopic (exact) mass is 289 g/mol. The minimum atomic E-state index is 0.491. The van der Waals surface area contributed by atoms with Gasteiger partial charge in [-0.1, -0.05) is 0 Å². The van der Waals surface area contributed by atoms with E-state index in [1.54, 1.807) is 20.3 Å². The Bertz CT molecular complexity index is 591. The SMILES string of the molecule is COCCNCc1cc(C)nc(-c2cc(OC)ncn2)n1. The van der Waals surface area contributed by atoms with E-state index in [9.17, 15) is 0 Å². The highest BCUT2D eigenvalue weighted by Gasteiger charge is 2.08. The molecule has 21 heavy (non-hydrogen) atoms. The zero-order chi connectivity index (χ0) is 15.1. The molecule has 2 aromatic heterocycles. The maximum Gasteiger partial charge on any atom is 0.216 e. The fraction of sp³-hybridized carbons (Fsp3) is 0.429. The molecule has 0 unspecified atom stereocenters. The molecule has 0 bridgehead atoms. The average Bonchev–Trinajstić information content (AvgIpc) is 2.51. The van der Waals surface area contributed by atoms with Crippen molar-refractivity contribution in [2.45, 2.75) is 13.5 Å². The van der Waals surface area contributed by atoms with Crippen molar-refractivity contribution in [1.29, 1.82) is 0 Å². The second-order valence-electron chi connectivity index (χ2n) is 4.44. The molecule has 2 heterocycles. The number of nitrogens with zero attached hydrogens (tertiary/aromatic N) is 4. The quantitative estimate of drug-likeness (QED) is 0.761. The van der Waals surface area contributed by atoms with E-state index >= 15 is 0 Å². The maximum absolute atomic E-state index is 5.10. The Kier molecular flexibility index (Phi) is 5.53. The third kappa shape index (κ3) is 4.44. The largest absolute Gasteiger partial charge is 0.481 e. The number of aromatic nitrogens is 4. The van der Waals surface area contributed by atoms with Crippen molar-refractivity contribution >= 4 is 0 Å². The van der Waals surface area contributed by atoms with E-state index in [2.05, 4.69) is 25.3 Å². The second-order valence-corrected chi connectivity index (χ2v) is 4.44. The highest BCUT2D eigenvalue weighted by molar-refractivity contribution is 5.50. The fourth-order valence-electron chi connectivity index (χ4n) is 1.80. The van der Waals surface area contributed by atoms with Gasteiger partial charge in [0.05, 0.1) is 19.4 Å². The number of methoxy groups -OCH3 is 2. The molecule has 0 aromatic carbocycles. The summed E-state index contributed by atoms with van der Waals surface area (Å²) in [6.07, 6.45) is 1.44. The van der Waals surface area contributed by atoms with Crippen LogP contribution in [0, 0.1) is 6.92 Å². The molecule has 0 radical (unpaired) electrons. The molecule has 112 valence electrons. The van der Waals surface area contributed by atoms with Crippen molar-refractivity contribution in [1.82, 2.24) is 25.3 Å². The van der Waals surface area contributed by atoms with E-state index < -0.39 is 0 Å². The van der Waals surface area contributed by atoms with E-state index in [0.717, 1.165) is 17.9 Å². The highest BCUT2D eigenvalue weighted by Crippen LogP contribution is 2.16. The molecule has 2 aromatic rings. The van der Waals surface area contributed by atoms with Gasteiger partial charge in [-0.05, 0) is 13.0 Å².